The number of furan rings is 1. The summed E-state index contributed by atoms with van der Waals surface area (Å²) in [6.07, 6.45) is 30.7. The Bertz CT molecular complexity index is 2520. The van der Waals surface area contributed by atoms with E-state index in [0.717, 1.165) is 35.0 Å². The molecule has 0 fully saturated rings. The van der Waals surface area contributed by atoms with E-state index in [4.69, 9.17) is 4.42 Å². The van der Waals surface area contributed by atoms with Crippen LogP contribution in [-0.2, 0) is 5.41 Å². The Morgan fingerprint density at radius 2 is 1.39 bits per heavy atom. The monoisotopic (exact) mass is 747 g/mol. The van der Waals surface area contributed by atoms with Gasteiger partial charge in [-0.2, -0.15) is 0 Å². The standard InChI is InChI=1S/C55H57NO/c1-9-14-24-40(6)43(12-4)26-21-38-56(47-34-32-45(33-35-47)44(13-5)23-11-3)39-22-30-48-42(8)55(41(7)25-15-10-2,46-27-17-16-18-28-46)51-37-36-50-49-29-19-20-31-52(49)57-54(50)53(48)51/h9-37H,38-39H2,1-8H3/b14-9-,15-10-,23-11-,26-21-,30-22-,40-24+,41-25+,43-12?,44-13+. The Labute approximate surface area is 341 Å². The SMILES string of the molecule is CC=C(/C=C\CN(C/C=C\C1=C(C)C(/C(C)=C/C=C\C)(c2ccccc2)c2ccc3c(oc4ccccc43)c21)c1ccc(C(/C=C\C)=C/C)cc1)/C(C)=C/C=C\C. The van der Waals surface area contributed by atoms with Gasteiger partial charge >= 0.3 is 0 Å². The van der Waals surface area contributed by atoms with Gasteiger partial charge in [0.05, 0.1) is 5.41 Å². The summed E-state index contributed by atoms with van der Waals surface area (Å²) < 4.78 is 6.80. The van der Waals surface area contributed by atoms with Crippen molar-refractivity contribution in [1.82, 2.24) is 0 Å². The first-order chi connectivity index (χ1) is 27.8. The molecule has 5 aromatic rings. The first kappa shape index (κ1) is 40.5. The van der Waals surface area contributed by atoms with Gasteiger partial charge in [0.2, 0.25) is 0 Å². The number of anilines is 1. The Morgan fingerprint density at radius 1 is 0.684 bits per heavy atom. The molecule has 0 spiro atoms. The minimum atomic E-state index is -0.458. The van der Waals surface area contributed by atoms with E-state index in [-0.39, 0.29) is 0 Å². The zero-order chi connectivity index (χ0) is 40.4. The summed E-state index contributed by atoms with van der Waals surface area (Å²) >= 11 is 0. The number of para-hydroxylation sites is 1. The molecule has 0 aliphatic heterocycles. The topological polar surface area (TPSA) is 16.4 Å². The van der Waals surface area contributed by atoms with Gasteiger partial charge in [-0.1, -0.05) is 163 Å². The molecule has 2 heteroatoms. The minimum Gasteiger partial charge on any atom is -0.455 e. The van der Waals surface area contributed by atoms with E-state index in [1.165, 1.54) is 61.4 Å². The normalized spacial score (nSPS) is 17.3. The highest BCUT2D eigenvalue weighted by molar-refractivity contribution is 6.11. The molecule has 4 aromatic carbocycles. The largest absolute Gasteiger partial charge is 0.455 e. The number of hydrogen-bond acceptors (Lipinski definition) is 2. The summed E-state index contributed by atoms with van der Waals surface area (Å²) in [5.41, 5.74) is 14.9. The number of fused-ring (bicyclic) bond motifs is 5. The summed E-state index contributed by atoms with van der Waals surface area (Å²) in [4.78, 5) is 2.44. The molecule has 1 aliphatic carbocycles. The Kier molecular flexibility index (Phi) is 13.3. The fraction of sp³-hybridized carbons (Fsp3) is 0.200. The Balaban J connectivity index is 1.48. The first-order valence-corrected chi connectivity index (χ1v) is 20.3. The number of allylic oxidation sites excluding steroid dienone is 18. The van der Waals surface area contributed by atoms with Gasteiger partial charge in [0.15, 0.2) is 0 Å². The Hall–Kier alpha value is -6.12. The molecular weight excluding hydrogens is 691 g/mol. The second-order valence-electron chi connectivity index (χ2n) is 14.6. The van der Waals surface area contributed by atoms with Crippen LogP contribution in [0.2, 0.25) is 0 Å². The Morgan fingerprint density at radius 3 is 2.09 bits per heavy atom. The lowest BCUT2D eigenvalue weighted by Gasteiger charge is -2.35. The number of nitrogens with zero attached hydrogens (tertiary/aromatic N) is 1. The third kappa shape index (κ3) is 8.09. The highest BCUT2D eigenvalue weighted by Crippen LogP contribution is 2.57. The van der Waals surface area contributed by atoms with Crippen LogP contribution in [0.25, 0.3) is 33.1 Å². The van der Waals surface area contributed by atoms with E-state index < -0.39 is 5.41 Å². The van der Waals surface area contributed by atoms with Gasteiger partial charge in [-0.05, 0) is 118 Å². The zero-order valence-corrected chi connectivity index (χ0v) is 35.0. The van der Waals surface area contributed by atoms with Crippen molar-refractivity contribution in [2.45, 2.75) is 60.8 Å². The summed E-state index contributed by atoms with van der Waals surface area (Å²) in [6, 6.07) is 33.0. The van der Waals surface area contributed by atoms with Crippen LogP contribution in [0.3, 0.4) is 0 Å². The van der Waals surface area contributed by atoms with Crippen molar-refractivity contribution >= 4 is 38.8 Å². The third-order valence-corrected chi connectivity index (χ3v) is 11.3. The van der Waals surface area contributed by atoms with Crippen molar-refractivity contribution in [2.75, 3.05) is 18.0 Å². The van der Waals surface area contributed by atoms with Crippen LogP contribution in [0.4, 0.5) is 5.69 Å². The van der Waals surface area contributed by atoms with E-state index in [9.17, 15) is 0 Å². The molecule has 0 amide bonds. The van der Waals surface area contributed by atoms with Crippen molar-refractivity contribution in [3.8, 4) is 0 Å². The minimum absolute atomic E-state index is 0.458. The number of benzene rings is 4. The van der Waals surface area contributed by atoms with Gasteiger partial charge in [0.25, 0.3) is 0 Å². The molecule has 1 atom stereocenters. The third-order valence-electron chi connectivity index (χ3n) is 11.3. The number of hydrogen-bond donors (Lipinski definition) is 0. The van der Waals surface area contributed by atoms with E-state index in [2.05, 4.69) is 229 Å². The first-order valence-electron chi connectivity index (χ1n) is 20.3. The summed E-state index contributed by atoms with van der Waals surface area (Å²) in [7, 11) is 0. The van der Waals surface area contributed by atoms with Crippen molar-refractivity contribution in [3.63, 3.8) is 0 Å². The van der Waals surface area contributed by atoms with Gasteiger partial charge in [0.1, 0.15) is 11.2 Å². The van der Waals surface area contributed by atoms with Gasteiger partial charge < -0.3 is 9.32 Å². The second-order valence-corrected chi connectivity index (χ2v) is 14.6. The predicted octanol–water partition coefficient (Wildman–Crippen LogP) is 15.2. The predicted molar refractivity (Wildman–Crippen MR) is 250 cm³/mol. The summed E-state index contributed by atoms with van der Waals surface area (Å²) in [5.74, 6) is 0. The quantitative estimate of drug-likeness (QED) is 0.105. The fourth-order valence-corrected chi connectivity index (χ4v) is 8.42. The van der Waals surface area contributed by atoms with E-state index in [1.807, 2.05) is 6.92 Å². The molecule has 1 aliphatic rings. The smallest absolute Gasteiger partial charge is 0.143 e. The van der Waals surface area contributed by atoms with E-state index in [0.29, 0.717) is 0 Å². The molecule has 0 bridgehead atoms. The maximum atomic E-state index is 6.80. The molecule has 0 N–H and O–H groups in total. The summed E-state index contributed by atoms with van der Waals surface area (Å²) in [5, 5.41) is 2.29. The maximum Gasteiger partial charge on any atom is 0.143 e. The molecule has 1 unspecified atom stereocenters. The molecule has 0 saturated heterocycles. The molecule has 1 heterocycles. The van der Waals surface area contributed by atoms with Crippen molar-refractivity contribution in [1.29, 1.82) is 0 Å². The fourth-order valence-electron chi connectivity index (χ4n) is 8.42. The van der Waals surface area contributed by atoms with Gasteiger partial charge in [-0.3, -0.25) is 0 Å². The average Bonchev–Trinajstić information content (AvgIpc) is 3.75. The van der Waals surface area contributed by atoms with Crippen LogP contribution >= 0.6 is 0 Å². The van der Waals surface area contributed by atoms with Crippen LogP contribution in [0, 0.1) is 0 Å². The van der Waals surface area contributed by atoms with Crippen LogP contribution in [-0.4, -0.2) is 13.1 Å². The zero-order valence-electron chi connectivity index (χ0n) is 35.0. The van der Waals surface area contributed by atoms with Crippen molar-refractivity contribution < 1.29 is 4.42 Å². The molecule has 288 valence electrons. The van der Waals surface area contributed by atoms with E-state index >= 15 is 0 Å². The lowest BCUT2D eigenvalue weighted by Crippen LogP contribution is -2.29. The average molecular weight is 748 g/mol. The molecule has 6 rings (SSSR count). The lowest BCUT2D eigenvalue weighted by atomic mass is 9.67. The molecular formula is C55H57NO. The van der Waals surface area contributed by atoms with Crippen LogP contribution in [0.5, 0.6) is 0 Å². The highest BCUT2D eigenvalue weighted by atomic mass is 16.3. The lowest BCUT2D eigenvalue weighted by molar-refractivity contribution is 0.664. The van der Waals surface area contributed by atoms with Crippen LogP contribution < -0.4 is 4.90 Å². The molecule has 57 heavy (non-hydrogen) atoms. The summed E-state index contributed by atoms with van der Waals surface area (Å²) in [6.45, 7) is 18.6. The van der Waals surface area contributed by atoms with Gasteiger partial charge in [-0.25, -0.2) is 0 Å². The van der Waals surface area contributed by atoms with Gasteiger partial charge in [0, 0.05) is 35.1 Å². The van der Waals surface area contributed by atoms with Gasteiger partial charge in [-0.15, -0.1) is 0 Å². The van der Waals surface area contributed by atoms with Crippen LogP contribution in [0.1, 0.15) is 77.6 Å². The van der Waals surface area contributed by atoms with Crippen molar-refractivity contribution in [3.05, 3.63) is 221 Å². The maximum absolute atomic E-state index is 6.80. The molecule has 0 saturated carbocycles. The van der Waals surface area contributed by atoms with Crippen LogP contribution in [0.15, 0.2) is 203 Å². The van der Waals surface area contributed by atoms with E-state index in [1.54, 1.807) is 0 Å². The van der Waals surface area contributed by atoms with Crippen molar-refractivity contribution in [2.24, 2.45) is 0 Å². The molecule has 1 aromatic heterocycles. The number of rotatable bonds is 14. The molecule has 0 radical (unpaired) electrons. The highest BCUT2D eigenvalue weighted by Gasteiger charge is 2.46. The second kappa shape index (κ2) is 18.7. The molecule has 2 nitrogen and oxygen atoms in total.